The number of anilines is 2. The number of rotatable bonds is 10. The first kappa shape index (κ1) is 21.9. The van der Waals surface area contributed by atoms with Gasteiger partial charge in [-0.2, -0.15) is 4.79 Å². The van der Waals surface area contributed by atoms with Gasteiger partial charge in [-0.15, -0.1) is 5.10 Å². The third-order valence-electron chi connectivity index (χ3n) is 5.81. The van der Waals surface area contributed by atoms with E-state index < -0.39 is 0 Å². The molecule has 0 aliphatic carbocycles. The van der Waals surface area contributed by atoms with E-state index in [1.165, 1.54) is 17.5 Å². The monoisotopic (exact) mass is 415 g/mol. The van der Waals surface area contributed by atoms with Gasteiger partial charge in [-0.3, -0.25) is 14.9 Å². The fraction of sp³-hybridized carbons (Fsp3) is 0.524. The number of benzene rings is 1. The fourth-order valence-electron chi connectivity index (χ4n) is 4.25. The van der Waals surface area contributed by atoms with Crippen LogP contribution in [0.4, 0.5) is 11.6 Å². The zero-order valence-corrected chi connectivity index (χ0v) is 18.0. The first-order valence-electron chi connectivity index (χ1n) is 10.5. The van der Waals surface area contributed by atoms with Crippen molar-refractivity contribution in [1.29, 1.82) is 0 Å². The van der Waals surface area contributed by atoms with E-state index in [1.807, 2.05) is 21.1 Å². The normalized spacial score (nSPS) is 16.5. The van der Waals surface area contributed by atoms with E-state index in [0.29, 0.717) is 12.5 Å². The molecule has 30 heavy (non-hydrogen) atoms. The van der Waals surface area contributed by atoms with Crippen LogP contribution in [0.5, 0.6) is 0 Å². The predicted octanol–water partition coefficient (Wildman–Crippen LogP) is 1.96. The molecule has 1 saturated heterocycles. The molecular weight excluding hydrogens is 382 g/mol. The Kier molecular flexibility index (Phi) is 7.53. The van der Waals surface area contributed by atoms with Gasteiger partial charge in [0.25, 0.3) is 0 Å². The standard InChI is InChI=1S/C21H33N7O2/c1-22-20-17(21(23-2)28(24-3)25-20)12-14-27-13-4-5-18(27)16-9-6-15(7-10-16)8-11-19(29)26-30/h6-7,9-10,18,23-24,30H,4-5,8,11-14H2,1-3H3,(H,22,25)(H,26,29)/t18-/m0/s1. The maximum absolute atomic E-state index is 11.2. The second-order valence-electron chi connectivity index (χ2n) is 7.53. The lowest BCUT2D eigenvalue weighted by molar-refractivity contribution is -0.129. The zero-order valence-electron chi connectivity index (χ0n) is 18.0. The number of carbonyl (C=O) groups is 1. The molecule has 164 valence electrons. The Labute approximate surface area is 177 Å². The third-order valence-corrected chi connectivity index (χ3v) is 5.81. The number of nitrogens with one attached hydrogen (secondary N) is 4. The number of hydroxylamine groups is 1. The third kappa shape index (κ3) is 4.85. The summed E-state index contributed by atoms with van der Waals surface area (Å²) in [5.74, 6) is 1.51. The molecule has 9 heteroatoms. The Morgan fingerprint density at radius 1 is 1.17 bits per heavy atom. The van der Waals surface area contributed by atoms with Crippen molar-refractivity contribution in [1.82, 2.24) is 20.3 Å². The number of likely N-dealkylation sites (tertiary alicyclic amines) is 1. The van der Waals surface area contributed by atoms with Crippen LogP contribution in [0.1, 0.15) is 42.0 Å². The highest BCUT2D eigenvalue weighted by Gasteiger charge is 2.27. The van der Waals surface area contributed by atoms with Crippen LogP contribution < -0.4 is 21.5 Å². The van der Waals surface area contributed by atoms with E-state index >= 15 is 0 Å². The molecule has 5 N–H and O–H groups in total. The van der Waals surface area contributed by atoms with Gasteiger partial charge in [0.2, 0.25) is 5.91 Å². The number of carbonyl (C=O) groups excluding carboxylic acids is 1. The van der Waals surface area contributed by atoms with Gasteiger partial charge in [0.15, 0.2) is 11.6 Å². The SMILES string of the molecule is CNc1nn(NC)c(NC)c1CCN1CCC[C@H]1c1ccc(CCC(=O)NO)cc1. The van der Waals surface area contributed by atoms with Gasteiger partial charge in [-0.1, -0.05) is 24.3 Å². The largest absolute Gasteiger partial charge is 0.371 e. The van der Waals surface area contributed by atoms with Crippen LogP contribution >= 0.6 is 0 Å². The minimum absolute atomic E-state index is 0.285. The second-order valence-corrected chi connectivity index (χ2v) is 7.53. The molecule has 1 aromatic carbocycles. The van der Waals surface area contributed by atoms with E-state index in [2.05, 4.69) is 50.3 Å². The first-order valence-corrected chi connectivity index (χ1v) is 10.5. The average molecular weight is 416 g/mol. The molecule has 0 saturated carbocycles. The summed E-state index contributed by atoms with van der Waals surface area (Å²) in [7, 11) is 5.67. The topological polar surface area (TPSA) is 106 Å². The highest BCUT2D eigenvalue weighted by atomic mass is 16.5. The number of nitrogens with zero attached hydrogens (tertiary/aromatic N) is 3. The van der Waals surface area contributed by atoms with Gasteiger partial charge >= 0.3 is 0 Å². The quantitative estimate of drug-likeness (QED) is 0.298. The second kappa shape index (κ2) is 10.3. The lowest BCUT2D eigenvalue weighted by atomic mass is 10.0. The Morgan fingerprint density at radius 3 is 2.57 bits per heavy atom. The van der Waals surface area contributed by atoms with Crippen LogP contribution in [0, 0.1) is 0 Å². The summed E-state index contributed by atoms with van der Waals surface area (Å²) in [5.41, 5.74) is 8.36. The minimum atomic E-state index is -0.357. The smallest absolute Gasteiger partial charge is 0.243 e. The van der Waals surface area contributed by atoms with Crippen molar-refractivity contribution in [3.63, 3.8) is 0 Å². The van der Waals surface area contributed by atoms with Gasteiger partial charge in [0.05, 0.1) is 0 Å². The lowest BCUT2D eigenvalue weighted by Gasteiger charge is -2.25. The molecule has 1 atom stereocenters. The van der Waals surface area contributed by atoms with Gasteiger partial charge in [-0.05, 0) is 43.4 Å². The summed E-state index contributed by atoms with van der Waals surface area (Å²) in [6.45, 7) is 2.05. The molecule has 3 rings (SSSR count). The Bertz CT molecular complexity index is 835. The Morgan fingerprint density at radius 2 is 1.93 bits per heavy atom. The van der Waals surface area contributed by atoms with Crippen molar-refractivity contribution in [3.05, 3.63) is 41.0 Å². The summed E-state index contributed by atoms with van der Waals surface area (Å²) in [4.78, 5) is 15.5. The van der Waals surface area contributed by atoms with Crippen molar-refractivity contribution in [3.8, 4) is 0 Å². The van der Waals surface area contributed by atoms with Gasteiger partial charge in [-0.25, -0.2) is 5.48 Å². The summed E-state index contributed by atoms with van der Waals surface area (Å²) in [6.07, 6.45) is 4.15. The van der Waals surface area contributed by atoms with E-state index in [9.17, 15) is 4.79 Å². The molecule has 1 aromatic heterocycles. The summed E-state index contributed by atoms with van der Waals surface area (Å²) >= 11 is 0. The lowest BCUT2D eigenvalue weighted by Crippen LogP contribution is -2.26. The van der Waals surface area contributed by atoms with Crippen LogP contribution in [0.15, 0.2) is 24.3 Å². The maximum Gasteiger partial charge on any atom is 0.243 e. The van der Waals surface area contributed by atoms with E-state index in [-0.39, 0.29) is 12.3 Å². The van der Waals surface area contributed by atoms with Crippen LogP contribution in [0.25, 0.3) is 0 Å². The van der Waals surface area contributed by atoms with Crippen LogP contribution in [-0.2, 0) is 17.6 Å². The van der Waals surface area contributed by atoms with Crippen molar-refractivity contribution < 1.29 is 10.0 Å². The fourth-order valence-corrected chi connectivity index (χ4v) is 4.25. The van der Waals surface area contributed by atoms with Crippen molar-refractivity contribution in [2.75, 3.05) is 50.3 Å². The molecule has 2 aromatic rings. The summed E-state index contributed by atoms with van der Waals surface area (Å²) < 4.78 is 0. The molecule has 0 unspecified atom stereocenters. The molecule has 9 nitrogen and oxygen atoms in total. The highest BCUT2D eigenvalue weighted by Crippen LogP contribution is 2.33. The summed E-state index contributed by atoms with van der Waals surface area (Å²) in [5, 5.41) is 19.6. The maximum atomic E-state index is 11.2. The van der Waals surface area contributed by atoms with Gasteiger partial charge < -0.3 is 16.1 Å². The van der Waals surface area contributed by atoms with Crippen molar-refractivity contribution in [2.45, 2.75) is 38.1 Å². The number of amides is 1. The molecule has 0 bridgehead atoms. The molecule has 1 aliphatic heterocycles. The molecule has 1 amide bonds. The molecule has 2 heterocycles. The number of aromatic nitrogens is 2. The molecule has 0 spiro atoms. The van der Waals surface area contributed by atoms with E-state index in [4.69, 9.17) is 5.21 Å². The van der Waals surface area contributed by atoms with Gasteiger partial charge in [0.1, 0.15) is 0 Å². The summed E-state index contributed by atoms with van der Waals surface area (Å²) in [6, 6.07) is 8.94. The molecule has 1 fully saturated rings. The first-order chi connectivity index (χ1) is 14.6. The van der Waals surface area contributed by atoms with Crippen LogP contribution in [0.2, 0.25) is 0 Å². The van der Waals surface area contributed by atoms with Crippen molar-refractivity contribution in [2.24, 2.45) is 0 Å². The molecule has 1 aliphatic rings. The van der Waals surface area contributed by atoms with Gasteiger partial charge in [0, 0.05) is 45.7 Å². The van der Waals surface area contributed by atoms with E-state index in [1.54, 1.807) is 10.3 Å². The zero-order chi connectivity index (χ0) is 21.5. The molecule has 0 radical (unpaired) electrons. The average Bonchev–Trinajstić information content (AvgIpc) is 3.39. The predicted molar refractivity (Wildman–Crippen MR) is 119 cm³/mol. The number of hydrogen-bond acceptors (Lipinski definition) is 7. The van der Waals surface area contributed by atoms with E-state index in [0.717, 1.165) is 43.1 Å². The van der Waals surface area contributed by atoms with Crippen LogP contribution in [-0.4, -0.2) is 60.1 Å². The Balaban J connectivity index is 1.65. The Hall–Kier alpha value is -2.78. The number of aryl methyl sites for hydroxylation is 1. The number of hydrogen-bond donors (Lipinski definition) is 5. The molecular formula is C21H33N7O2. The van der Waals surface area contributed by atoms with Crippen molar-refractivity contribution >= 4 is 17.5 Å². The van der Waals surface area contributed by atoms with Crippen LogP contribution in [0.3, 0.4) is 0 Å². The highest BCUT2D eigenvalue weighted by molar-refractivity contribution is 5.74. The minimum Gasteiger partial charge on any atom is -0.371 e.